The Kier molecular flexibility index (Phi) is 40.1. The number of rotatable bonds is 42. The highest BCUT2D eigenvalue weighted by Crippen LogP contribution is 2.14. The SMILES string of the molecule is CC/C=C\C/C=C\C/C=C\C/C=C\C/C=C\CCCCCCCCCCCC(=O)OC(COC(=O)CCCCCCC/C=C\CCC)COC(OCC[N+](C)(C)C)C(=O)O. The normalized spacial score (nSPS) is 13.6. The van der Waals surface area contributed by atoms with Gasteiger partial charge in [0.25, 0.3) is 6.29 Å². The van der Waals surface area contributed by atoms with Gasteiger partial charge in [-0.25, -0.2) is 4.79 Å². The summed E-state index contributed by atoms with van der Waals surface area (Å²) < 4.78 is 22.7. The van der Waals surface area contributed by atoms with Crippen LogP contribution >= 0.6 is 0 Å². The van der Waals surface area contributed by atoms with Gasteiger partial charge in [0.2, 0.25) is 0 Å². The number of esters is 2. The van der Waals surface area contributed by atoms with Crippen molar-refractivity contribution in [3.8, 4) is 0 Å². The number of likely N-dealkylation sites (N-methyl/N-ethyl adjacent to an activating group) is 1. The molecule has 0 aromatic rings. The molecule has 2 unspecified atom stereocenters. The summed E-state index contributed by atoms with van der Waals surface area (Å²) in [7, 11) is 5.94. The Bertz CT molecular complexity index is 1210. The molecule has 0 aliphatic carbocycles. The monoisotopic (exact) mass is 843 g/mol. The number of carbonyl (C=O) groups excluding carboxylic acids is 2. The van der Waals surface area contributed by atoms with Crippen molar-refractivity contribution in [3.63, 3.8) is 0 Å². The molecule has 0 rings (SSSR count). The summed E-state index contributed by atoms with van der Waals surface area (Å²) in [5, 5.41) is 9.63. The number of hydrogen-bond donors (Lipinski definition) is 1. The van der Waals surface area contributed by atoms with E-state index in [0.717, 1.165) is 103 Å². The molecule has 60 heavy (non-hydrogen) atoms. The average molecular weight is 843 g/mol. The summed E-state index contributed by atoms with van der Waals surface area (Å²) in [5.41, 5.74) is 0. The van der Waals surface area contributed by atoms with Crippen molar-refractivity contribution in [2.24, 2.45) is 0 Å². The van der Waals surface area contributed by atoms with Crippen molar-refractivity contribution >= 4 is 17.9 Å². The molecule has 0 aromatic heterocycles. The minimum Gasteiger partial charge on any atom is -0.477 e. The second-order valence-corrected chi connectivity index (χ2v) is 16.7. The van der Waals surface area contributed by atoms with Crippen LogP contribution in [0.25, 0.3) is 0 Å². The zero-order valence-electron chi connectivity index (χ0n) is 38.8. The number of quaternary nitrogens is 1. The Morgan fingerprint density at radius 3 is 1.43 bits per heavy atom. The van der Waals surface area contributed by atoms with Gasteiger partial charge in [0, 0.05) is 12.8 Å². The summed E-state index contributed by atoms with van der Waals surface area (Å²) in [5.74, 6) is -2.04. The van der Waals surface area contributed by atoms with E-state index >= 15 is 0 Å². The van der Waals surface area contributed by atoms with Gasteiger partial charge in [0.1, 0.15) is 13.2 Å². The number of carboxylic acid groups (broad SMARTS) is 1. The first-order chi connectivity index (χ1) is 29.1. The van der Waals surface area contributed by atoms with Gasteiger partial charge in [-0.2, -0.15) is 0 Å². The molecule has 2 atom stereocenters. The van der Waals surface area contributed by atoms with Crippen LogP contribution in [0.4, 0.5) is 0 Å². The van der Waals surface area contributed by atoms with Gasteiger partial charge in [-0.05, 0) is 77.0 Å². The smallest absolute Gasteiger partial charge is 0.361 e. The first-order valence-corrected chi connectivity index (χ1v) is 23.6. The lowest BCUT2D eigenvalue weighted by Gasteiger charge is -2.25. The summed E-state index contributed by atoms with van der Waals surface area (Å²) in [6, 6.07) is 0. The number of aliphatic carboxylic acids is 1. The third-order valence-electron chi connectivity index (χ3n) is 9.68. The van der Waals surface area contributed by atoms with E-state index in [1.807, 2.05) is 21.1 Å². The third-order valence-corrected chi connectivity index (χ3v) is 9.68. The number of ether oxygens (including phenoxy) is 4. The summed E-state index contributed by atoms with van der Waals surface area (Å²) >= 11 is 0. The van der Waals surface area contributed by atoms with E-state index in [4.69, 9.17) is 18.9 Å². The van der Waals surface area contributed by atoms with Gasteiger partial charge >= 0.3 is 17.9 Å². The van der Waals surface area contributed by atoms with E-state index in [1.54, 1.807) is 0 Å². The molecule has 0 saturated heterocycles. The van der Waals surface area contributed by atoms with Crippen molar-refractivity contribution in [2.75, 3.05) is 47.5 Å². The van der Waals surface area contributed by atoms with Crippen molar-refractivity contribution in [3.05, 3.63) is 72.9 Å². The van der Waals surface area contributed by atoms with Crippen LogP contribution in [0, 0.1) is 0 Å². The van der Waals surface area contributed by atoms with Gasteiger partial charge in [0.05, 0.1) is 34.4 Å². The molecule has 9 heteroatoms. The standard InChI is InChI=1S/C51H87NO8/c1-6-8-10-12-14-16-18-19-20-21-22-23-24-25-26-27-28-29-30-31-32-34-36-38-40-42-49(54)60-47(46-59-51(50(55)56)57-44-43-52(3,4)5)45-58-48(53)41-39-37-35-33-17-15-13-11-9-7-2/h8,10-11,13-14,16,19-20,22-23,25-26,47,51H,6-7,9,12,15,17-18,21,24,27-46H2,1-5H3/p+1/b10-8-,13-11-,16-14-,20-19-,23-22-,26-25-. The molecule has 0 aliphatic rings. The number of carboxylic acids is 1. The fourth-order valence-electron chi connectivity index (χ4n) is 6.04. The third kappa shape index (κ3) is 42.8. The maximum Gasteiger partial charge on any atom is 0.361 e. The largest absolute Gasteiger partial charge is 0.477 e. The number of carbonyl (C=O) groups is 3. The second kappa shape index (κ2) is 42.4. The Labute approximate surface area is 367 Å². The Hall–Kier alpha value is -3.27. The zero-order valence-corrected chi connectivity index (χ0v) is 38.8. The lowest BCUT2D eigenvalue weighted by atomic mass is 10.1. The van der Waals surface area contributed by atoms with E-state index in [1.165, 1.54) is 38.5 Å². The molecule has 0 bridgehead atoms. The highest BCUT2D eigenvalue weighted by atomic mass is 16.7. The number of hydrogen-bond acceptors (Lipinski definition) is 7. The molecule has 344 valence electrons. The average Bonchev–Trinajstić information content (AvgIpc) is 3.21. The lowest BCUT2D eigenvalue weighted by Crippen LogP contribution is -2.40. The molecule has 0 fully saturated rings. The molecular weight excluding hydrogens is 755 g/mol. The van der Waals surface area contributed by atoms with Crippen LogP contribution in [0.1, 0.15) is 174 Å². The van der Waals surface area contributed by atoms with Crippen molar-refractivity contribution in [1.82, 2.24) is 0 Å². The quantitative estimate of drug-likeness (QED) is 0.0213. The maximum atomic E-state index is 12.8. The Morgan fingerprint density at radius 1 is 0.517 bits per heavy atom. The fraction of sp³-hybridized carbons (Fsp3) is 0.706. The molecule has 0 radical (unpaired) electrons. The highest BCUT2D eigenvalue weighted by molar-refractivity contribution is 5.71. The Morgan fingerprint density at radius 2 is 0.950 bits per heavy atom. The van der Waals surface area contributed by atoms with Gasteiger partial charge in [-0.1, -0.05) is 157 Å². The minimum atomic E-state index is -1.51. The summed E-state index contributed by atoms with van der Waals surface area (Å²) in [4.78, 5) is 37.1. The number of allylic oxidation sites excluding steroid dienone is 12. The van der Waals surface area contributed by atoms with E-state index < -0.39 is 24.3 Å². The first-order valence-electron chi connectivity index (χ1n) is 23.6. The molecule has 1 N–H and O–H groups in total. The van der Waals surface area contributed by atoms with Crippen molar-refractivity contribution < 1.29 is 42.9 Å². The van der Waals surface area contributed by atoms with Crippen LogP contribution < -0.4 is 0 Å². The first kappa shape index (κ1) is 56.7. The molecule has 0 saturated carbocycles. The van der Waals surface area contributed by atoms with Crippen LogP contribution in [0.5, 0.6) is 0 Å². The Balaban J connectivity index is 4.32. The van der Waals surface area contributed by atoms with Gasteiger partial charge < -0.3 is 28.5 Å². The van der Waals surface area contributed by atoms with Gasteiger partial charge in [0.15, 0.2) is 6.10 Å². The van der Waals surface area contributed by atoms with E-state index in [2.05, 4.69) is 86.8 Å². The summed E-state index contributed by atoms with van der Waals surface area (Å²) in [6.07, 6.45) is 49.7. The predicted molar refractivity (Wildman–Crippen MR) is 249 cm³/mol. The molecular formula is C51H88NO8+. The van der Waals surface area contributed by atoms with Crippen LogP contribution in [0.15, 0.2) is 72.9 Å². The van der Waals surface area contributed by atoms with E-state index in [-0.39, 0.29) is 38.6 Å². The number of unbranched alkanes of at least 4 members (excludes halogenated alkanes) is 15. The second-order valence-electron chi connectivity index (χ2n) is 16.7. The molecule has 9 nitrogen and oxygen atoms in total. The van der Waals surface area contributed by atoms with E-state index in [9.17, 15) is 19.5 Å². The van der Waals surface area contributed by atoms with Crippen LogP contribution in [-0.2, 0) is 33.3 Å². The minimum absolute atomic E-state index is 0.182. The summed E-state index contributed by atoms with van der Waals surface area (Å²) in [6.45, 7) is 4.66. The molecule has 0 aliphatic heterocycles. The molecule has 0 spiro atoms. The van der Waals surface area contributed by atoms with Gasteiger partial charge in [-0.15, -0.1) is 0 Å². The number of nitrogens with zero attached hydrogens (tertiary/aromatic N) is 1. The molecule has 0 heterocycles. The fourth-order valence-corrected chi connectivity index (χ4v) is 6.04. The predicted octanol–water partition coefficient (Wildman–Crippen LogP) is 12.7. The van der Waals surface area contributed by atoms with Gasteiger partial charge in [-0.3, -0.25) is 9.59 Å². The zero-order chi connectivity index (χ0) is 44.2. The highest BCUT2D eigenvalue weighted by Gasteiger charge is 2.25. The van der Waals surface area contributed by atoms with E-state index in [0.29, 0.717) is 17.4 Å². The van der Waals surface area contributed by atoms with Crippen LogP contribution in [-0.4, -0.2) is 87.4 Å². The maximum absolute atomic E-state index is 12.8. The van der Waals surface area contributed by atoms with Crippen molar-refractivity contribution in [2.45, 2.75) is 187 Å². The molecule has 0 aromatic carbocycles. The van der Waals surface area contributed by atoms with Crippen LogP contribution in [0.2, 0.25) is 0 Å². The molecule has 0 amide bonds. The lowest BCUT2D eigenvalue weighted by molar-refractivity contribution is -0.870. The van der Waals surface area contributed by atoms with Crippen LogP contribution in [0.3, 0.4) is 0 Å². The topological polar surface area (TPSA) is 108 Å². The van der Waals surface area contributed by atoms with Crippen molar-refractivity contribution in [1.29, 1.82) is 0 Å².